The zero-order valence-electron chi connectivity index (χ0n) is 11.7. The zero-order valence-corrected chi connectivity index (χ0v) is 11.7. The first-order chi connectivity index (χ1) is 10.1. The summed E-state index contributed by atoms with van der Waals surface area (Å²) in [4.78, 5) is 23.5. The first-order valence-corrected chi connectivity index (χ1v) is 6.71. The van der Waals surface area contributed by atoms with E-state index in [2.05, 4.69) is 10.4 Å². The third-order valence-corrected chi connectivity index (χ3v) is 2.93. The topological polar surface area (TPSA) is 64.0 Å². The maximum absolute atomic E-state index is 13.4. The minimum atomic E-state index is -0.442. The van der Waals surface area contributed by atoms with Crippen LogP contribution in [0.1, 0.15) is 29.4 Å². The van der Waals surface area contributed by atoms with Crippen LogP contribution in [0.5, 0.6) is 0 Å². The minimum absolute atomic E-state index is 0.0695. The Balaban J connectivity index is 2.09. The first kappa shape index (κ1) is 14.9. The van der Waals surface area contributed by atoms with E-state index in [9.17, 15) is 14.0 Å². The number of rotatable bonds is 5. The van der Waals surface area contributed by atoms with E-state index < -0.39 is 5.91 Å². The number of aromatic nitrogens is 2. The van der Waals surface area contributed by atoms with E-state index in [0.717, 1.165) is 6.42 Å². The van der Waals surface area contributed by atoms with Gasteiger partial charge in [-0.05, 0) is 18.6 Å². The number of nitrogens with one attached hydrogen (secondary N) is 1. The lowest BCUT2D eigenvalue weighted by atomic mass is 10.2. The van der Waals surface area contributed by atoms with Gasteiger partial charge >= 0.3 is 0 Å². The number of hydrogen-bond donors (Lipinski definition) is 1. The predicted molar refractivity (Wildman–Crippen MR) is 76.4 cm³/mol. The molecule has 1 heterocycles. The normalized spacial score (nSPS) is 10.4. The van der Waals surface area contributed by atoms with Crippen molar-refractivity contribution in [1.82, 2.24) is 15.1 Å². The fraction of sp³-hybridized carbons (Fsp3) is 0.267. The van der Waals surface area contributed by atoms with Gasteiger partial charge in [0.05, 0.1) is 0 Å². The quantitative estimate of drug-likeness (QED) is 0.911. The van der Waals surface area contributed by atoms with Crippen LogP contribution < -0.4 is 10.9 Å². The lowest BCUT2D eigenvalue weighted by Gasteiger charge is -2.07. The number of nitrogens with zero attached hydrogens (tertiary/aromatic N) is 2. The lowest BCUT2D eigenvalue weighted by Crippen LogP contribution is -2.29. The first-order valence-electron chi connectivity index (χ1n) is 6.71. The molecule has 1 N–H and O–H groups in total. The number of carbonyl (C=O) groups is 1. The van der Waals surface area contributed by atoms with Gasteiger partial charge in [0.2, 0.25) is 0 Å². The number of benzene rings is 1. The maximum Gasteiger partial charge on any atom is 0.271 e. The minimum Gasteiger partial charge on any atom is -0.346 e. The number of carbonyl (C=O) groups excluding carboxylic acids is 1. The molecule has 0 aliphatic carbocycles. The fourth-order valence-corrected chi connectivity index (χ4v) is 1.85. The second kappa shape index (κ2) is 6.78. The Kier molecular flexibility index (Phi) is 4.81. The van der Waals surface area contributed by atoms with Crippen LogP contribution in [0.4, 0.5) is 4.39 Å². The van der Waals surface area contributed by atoms with E-state index in [4.69, 9.17) is 0 Å². The maximum atomic E-state index is 13.4. The van der Waals surface area contributed by atoms with Crippen LogP contribution in [0.2, 0.25) is 0 Å². The Morgan fingerprint density at radius 3 is 2.76 bits per heavy atom. The van der Waals surface area contributed by atoms with Gasteiger partial charge in [-0.25, -0.2) is 9.07 Å². The van der Waals surface area contributed by atoms with Crippen molar-refractivity contribution >= 4 is 5.91 Å². The van der Waals surface area contributed by atoms with Gasteiger partial charge < -0.3 is 5.32 Å². The molecule has 1 aromatic heterocycles. The van der Waals surface area contributed by atoms with Gasteiger partial charge in [-0.2, -0.15) is 5.10 Å². The molecule has 0 radical (unpaired) electrons. The smallest absolute Gasteiger partial charge is 0.271 e. The van der Waals surface area contributed by atoms with E-state index in [1.54, 1.807) is 18.2 Å². The van der Waals surface area contributed by atoms with Crippen LogP contribution in [0.15, 0.2) is 41.2 Å². The van der Waals surface area contributed by atoms with Gasteiger partial charge in [0.25, 0.3) is 11.5 Å². The van der Waals surface area contributed by atoms with Crippen molar-refractivity contribution in [1.29, 1.82) is 0 Å². The van der Waals surface area contributed by atoms with E-state index in [-0.39, 0.29) is 23.6 Å². The van der Waals surface area contributed by atoms with Gasteiger partial charge in [0.1, 0.15) is 11.5 Å². The molecule has 1 amide bonds. The molecule has 21 heavy (non-hydrogen) atoms. The van der Waals surface area contributed by atoms with Gasteiger partial charge in [0, 0.05) is 24.7 Å². The van der Waals surface area contributed by atoms with Crippen LogP contribution in [-0.2, 0) is 13.1 Å². The summed E-state index contributed by atoms with van der Waals surface area (Å²) in [6, 6.07) is 8.89. The molecule has 0 unspecified atom stereocenters. The van der Waals surface area contributed by atoms with Crippen LogP contribution in [0.25, 0.3) is 0 Å². The van der Waals surface area contributed by atoms with Crippen molar-refractivity contribution in [2.45, 2.75) is 26.4 Å². The molecule has 5 nitrogen and oxygen atoms in total. The lowest BCUT2D eigenvalue weighted by molar-refractivity contribution is 0.0943. The van der Waals surface area contributed by atoms with Gasteiger partial charge in [-0.15, -0.1) is 0 Å². The Morgan fingerprint density at radius 1 is 1.29 bits per heavy atom. The predicted octanol–water partition coefficient (Wildman–Crippen LogP) is 1.72. The monoisotopic (exact) mass is 289 g/mol. The Hall–Kier alpha value is -2.50. The molecule has 0 aliphatic rings. The second-order valence-corrected chi connectivity index (χ2v) is 4.55. The molecular formula is C15H16FN3O2. The zero-order chi connectivity index (χ0) is 15.2. The Morgan fingerprint density at radius 2 is 2.05 bits per heavy atom. The molecule has 0 bridgehead atoms. The number of amides is 1. The summed E-state index contributed by atoms with van der Waals surface area (Å²) in [6.07, 6.45) is 0.743. The van der Waals surface area contributed by atoms with Crippen molar-refractivity contribution in [3.8, 4) is 0 Å². The number of hydrogen-bond acceptors (Lipinski definition) is 3. The highest BCUT2D eigenvalue weighted by atomic mass is 19.1. The van der Waals surface area contributed by atoms with E-state index in [0.29, 0.717) is 12.1 Å². The molecule has 6 heteroatoms. The average Bonchev–Trinajstić information content (AvgIpc) is 2.48. The van der Waals surface area contributed by atoms with Crippen LogP contribution in [0, 0.1) is 5.82 Å². The van der Waals surface area contributed by atoms with Crippen LogP contribution >= 0.6 is 0 Å². The summed E-state index contributed by atoms with van der Waals surface area (Å²) in [7, 11) is 0. The molecule has 0 spiro atoms. The molecular weight excluding hydrogens is 273 g/mol. The van der Waals surface area contributed by atoms with Crippen LogP contribution in [-0.4, -0.2) is 15.7 Å². The van der Waals surface area contributed by atoms with Crippen molar-refractivity contribution in [3.05, 3.63) is 63.8 Å². The van der Waals surface area contributed by atoms with Crippen molar-refractivity contribution < 1.29 is 9.18 Å². The van der Waals surface area contributed by atoms with Crippen LogP contribution in [0.3, 0.4) is 0 Å². The molecule has 2 rings (SSSR count). The van der Waals surface area contributed by atoms with E-state index in [1.807, 2.05) is 6.92 Å². The van der Waals surface area contributed by atoms with E-state index >= 15 is 0 Å². The number of aryl methyl sites for hydroxylation is 1. The Bertz CT molecular complexity index is 697. The highest BCUT2D eigenvalue weighted by molar-refractivity contribution is 5.91. The number of halogens is 1. The summed E-state index contributed by atoms with van der Waals surface area (Å²) in [5, 5.41) is 6.58. The second-order valence-electron chi connectivity index (χ2n) is 4.55. The largest absolute Gasteiger partial charge is 0.346 e. The summed E-state index contributed by atoms with van der Waals surface area (Å²) < 4.78 is 14.7. The summed E-state index contributed by atoms with van der Waals surface area (Å²) >= 11 is 0. The van der Waals surface area contributed by atoms with Crippen molar-refractivity contribution in [3.63, 3.8) is 0 Å². The molecule has 1 aromatic carbocycles. The molecule has 0 atom stereocenters. The van der Waals surface area contributed by atoms with Crippen molar-refractivity contribution in [2.75, 3.05) is 0 Å². The van der Waals surface area contributed by atoms with E-state index in [1.165, 1.54) is 22.9 Å². The van der Waals surface area contributed by atoms with Gasteiger partial charge in [-0.3, -0.25) is 9.59 Å². The summed E-state index contributed by atoms with van der Waals surface area (Å²) in [5.74, 6) is -0.815. The fourth-order valence-electron chi connectivity index (χ4n) is 1.85. The SMILES string of the molecule is CCCn1nc(C(=O)NCc2ccccc2F)ccc1=O. The highest BCUT2D eigenvalue weighted by Gasteiger charge is 2.10. The molecule has 0 fully saturated rings. The van der Waals surface area contributed by atoms with Gasteiger partial charge in [-0.1, -0.05) is 25.1 Å². The molecule has 0 aliphatic heterocycles. The Labute approximate surface area is 121 Å². The molecule has 0 saturated heterocycles. The third-order valence-electron chi connectivity index (χ3n) is 2.93. The molecule has 2 aromatic rings. The molecule has 110 valence electrons. The summed E-state index contributed by atoms with van der Waals surface area (Å²) in [5.41, 5.74) is 0.287. The highest BCUT2D eigenvalue weighted by Crippen LogP contribution is 2.05. The van der Waals surface area contributed by atoms with Gasteiger partial charge in [0.15, 0.2) is 0 Å². The van der Waals surface area contributed by atoms with Crippen molar-refractivity contribution in [2.24, 2.45) is 0 Å². The molecule has 0 saturated carbocycles. The standard InChI is InChI=1S/C15H16FN3O2/c1-2-9-19-14(20)8-7-13(18-19)15(21)17-10-11-5-3-4-6-12(11)16/h3-8H,2,9-10H2,1H3,(H,17,21). The third kappa shape index (κ3) is 3.75. The average molecular weight is 289 g/mol. The summed E-state index contributed by atoms with van der Waals surface area (Å²) in [6.45, 7) is 2.44.